The maximum atomic E-state index is 9.20. The molecule has 0 aliphatic rings. The van der Waals surface area contributed by atoms with E-state index in [9.17, 15) is 9.79 Å². The van der Waals surface area contributed by atoms with Crippen LogP contribution in [-0.4, -0.2) is 22.1 Å². The fraction of sp³-hybridized carbons (Fsp3) is 1.00. The second kappa shape index (κ2) is 2.22. The molecule has 0 aromatic rings. The Balaban J connectivity index is 3.99. The summed E-state index contributed by atoms with van der Waals surface area (Å²) in [6.45, 7) is 3.52. The predicted octanol–water partition coefficient (Wildman–Crippen LogP) is 1.70. The van der Waals surface area contributed by atoms with Crippen molar-refractivity contribution in [3.05, 3.63) is 0 Å². The molecule has 4 heteroatoms. The van der Waals surface area contributed by atoms with Gasteiger partial charge in [-0.2, -0.15) is 0 Å². The summed E-state index contributed by atoms with van der Waals surface area (Å²) >= 11 is 2.93. The summed E-state index contributed by atoms with van der Waals surface area (Å²) < 4.78 is 0. The van der Waals surface area contributed by atoms with Crippen molar-refractivity contribution in [1.82, 2.24) is 0 Å². The fourth-order valence-corrected chi connectivity index (χ4v) is 0.671. The van der Waals surface area contributed by atoms with Crippen LogP contribution in [0, 0.1) is 0 Å². The van der Waals surface area contributed by atoms with Crippen molar-refractivity contribution in [2.75, 3.05) is 12.3 Å². The molecule has 0 aromatic heterocycles. The standard InChI is InChI=1S/C4H12BrO2P/c1-3-8(5,6,7)4-2/h6-7H,3-4H2,1-2H3. The molecule has 2 N–H and O–H groups in total. The van der Waals surface area contributed by atoms with E-state index in [1.54, 1.807) is 13.8 Å². The Labute approximate surface area is 57.7 Å². The van der Waals surface area contributed by atoms with E-state index in [-0.39, 0.29) is 0 Å². The maximum absolute atomic E-state index is 9.20. The molecular formula is C4H12BrO2P. The van der Waals surface area contributed by atoms with Crippen molar-refractivity contribution < 1.29 is 9.79 Å². The summed E-state index contributed by atoms with van der Waals surface area (Å²) in [5.74, 6) is -3.29. The van der Waals surface area contributed by atoms with Crippen molar-refractivity contribution in [3.63, 3.8) is 0 Å². The van der Waals surface area contributed by atoms with Gasteiger partial charge in [0.25, 0.3) is 0 Å². The molecule has 0 aliphatic carbocycles. The van der Waals surface area contributed by atoms with Crippen LogP contribution in [0.1, 0.15) is 13.8 Å². The molecule has 0 fully saturated rings. The van der Waals surface area contributed by atoms with Gasteiger partial charge in [-0.3, -0.25) is 0 Å². The van der Waals surface area contributed by atoms with Gasteiger partial charge in [0.15, 0.2) is 0 Å². The molecule has 0 saturated heterocycles. The summed E-state index contributed by atoms with van der Waals surface area (Å²) in [7, 11) is 0. The van der Waals surface area contributed by atoms with Crippen LogP contribution in [0.2, 0.25) is 0 Å². The van der Waals surface area contributed by atoms with E-state index in [2.05, 4.69) is 15.5 Å². The molecule has 0 atom stereocenters. The number of hydrogen-bond acceptors (Lipinski definition) is 2. The zero-order chi connectivity index (χ0) is 6.86. The Morgan fingerprint density at radius 3 is 1.50 bits per heavy atom. The van der Waals surface area contributed by atoms with Gasteiger partial charge in [0, 0.05) is 0 Å². The first kappa shape index (κ1) is 8.83. The molecule has 0 heterocycles. The van der Waals surface area contributed by atoms with E-state index < -0.39 is 5.76 Å². The van der Waals surface area contributed by atoms with E-state index >= 15 is 0 Å². The van der Waals surface area contributed by atoms with Gasteiger partial charge in [-0.05, 0) is 0 Å². The minimum atomic E-state index is -3.29. The summed E-state index contributed by atoms with van der Waals surface area (Å²) in [4.78, 5) is 18.4. The van der Waals surface area contributed by atoms with Gasteiger partial charge in [-0.25, -0.2) is 0 Å². The van der Waals surface area contributed by atoms with Gasteiger partial charge in [0.2, 0.25) is 0 Å². The quantitative estimate of drug-likeness (QED) is 0.670. The van der Waals surface area contributed by atoms with E-state index in [4.69, 9.17) is 0 Å². The Morgan fingerprint density at radius 1 is 1.25 bits per heavy atom. The SMILES string of the molecule is CCP(O)(O)(Br)CC. The molecule has 0 spiro atoms. The van der Waals surface area contributed by atoms with Crippen molar-refractivity contribution in [2.24, 2.45) is 0 Å². The van der Waals surface area contributed by atoms with Crippen molar-refractivity contribution >= 4 is 21.2 Å². The average Bonchev–Trinajstić information content (AvgIpc) is 1.68. The molecule has 0 bridgehead atoms. The van der Waals surface area contributed by atoms with Crippen LogP contribution in [0.5, 0.6) is 0 Å². The van der Waals surface area contributed by atoms with Crippen LogP contribution >= 0.6 is 21.2 Å². The monoisotopic (exact) mass is 202 g/mol. The van der Waals surface area contributed by atoms with Gasteiger partial charge in [0.05, 0.1) is 0 Å². The topological polar surface area (TPSA) is 40.5 Å². The molecule has 0 unspecified atom stereocenters. The van der Waals surface area contributed by atoms with Gasteiger partial charge < -0.3 is 0 Å². The summed E-state index contributed by atoms with van der Waals surface area (Å²) in [5.41, 5.74) is 0. The Hall–Kier alpha value is 0.830. The first-order valence-electron chi connectivity index (χ1n) is 2.62. The van der Waals surface area contributed by atoms with E-state index in [1.807, 2.05) is 0 Å². The molecule has 52 valence electrons. The first-order chi connectivity index (χ1) is 3.39. The predicted molar refractivity (Wildman–Crippen MR) is 41.4 cm³/mol. The van der Waals surface area contributed by atoms with Crippen LogP contribution in [-0.2, 0) is 0 Å². The number of rotatable bonds is 2. The average molecular weight is 203 g/mol. The molecule has 0 amide bonds. The summed E-state index contributed by atoms with van der Waals surface area (Å²) in [5, 5.41) is 0. The first-order valence-corrected chi connectivity index (χ1v) is 7.15. The molecule has 0 radical (unpaired) electrons. The van der Waals surface area contributed by atoms with Gasteiger partial charge >= 0.3 is 57.2 Å². The van der Waals surface area contributed by atoms with Crippen molar-refractivity contribution in [1.29, 1.82) is 0 Å². The molecular weight excluding hydrogens is 191 g/mol. The summed E-state index contributed by atoms with van der Waals surface area (Å²) in [6, 6.07) is 0. The van der Waals surface area contributed by atoms with Crippen LogP contribution in [0.3, 0.4) is 0 Å². The fourth-order valence-electron chi connectivity index (χ4n) is 0.224. The van der Waals surface area contributed by atoms with Crippen LogP contribution < -0.4 is 0 Å². The molecule has 0 aliphatic heterocycles. The molecule has 0 saturated carbocycles. The van der Waals surface area contributed by atoms with E-state index in [0.29, 0.717) is 12.3 Å². The van der Waals surface area contributed by atoms with Gasteiger partial charge in [0.1, 0.15) is 0 Å². The van der Waals surface area contributed by atoms with E-state index in [0.717, 1.165) is 0 Å². The van der Waals surface area contributed by atoms with Crippen LogP contribution in [0.25, 0.3) is 0 Å². The zero-order valence-electron chi connectivity index (χ0n) is 5.13. The molecule has 8 heavy (non-hydrogen) atoms. The van der Waals surface area contributed by atoms with Crippen LogP contribution in [0.15, 0.2) is 0 Å². The second-order valence-electron chi connectivity index (χ2n) is 1.90. The molecule has 2 nitrogen and oxygen atoms in total. The second-order valence-corrected chi connectivity index (χ2v) is 10.6. The number of halogens is 1. The Kier molecular flexibility index (Phi) is 2.45. The van der Waals surface area contributed by atoms with Gasteiger partial charge in [-0.15, -0.1) is 0 Å². The Bertz CT molecular complexity index is 77.8. The zero-order valence-corrected chi connectivity index (χ0v) is 7.61. The molecule has 0 aromatic carbocycles. The third-order valence-corrected chi connectivity index (χ3v) is 6.77. The minimum absolute atomic E-state index is 0.419. The van der Waals surface area contributed by atoms with Crippen molar-refractivity contribution in [3.8, 4) is 0 Å². The van der Waals surface area contributed by atoms with E-state index in [1.165, 1.54) is 0 Å². The third-order valence-electron chi connectivity index (χ3n) is 1.25. The number of hydrogen-bond donors (Lipinski definition) is 2. The van der Waals surface area contributed by atoms with Crippen molar-refractivity contribution in [2.45, 2.75) is 13.8 Å². The third kappa shape index (κ3) is 2.98. The molecule has 0 rings (SSSR count). The summed E-state index contributed by atoms with van der Waals surface area (Å²) in [6.07, 6.45) is 0.837. The Morgan fingerprint density at radius 2 is 1.50 bits per heavy atom. The van der Waals surface area contributed by atoms with Crippen LogP contribution in [0.4, 0.5) is 0 Å². The van der Waals surface area contributed by atoms with Gasteiger partial charge in [-0.1, -0.05) is 0 Å². The normalized spacial score (nSPS) is 17.4.